The van der Waals surface area contributed by atoms with Gasteiger partial charge in [-0.05, 0) is 43.4 Å². The lowest BCUT2D eigenvalue weighted by Crippen LogP contribution is -2.34. The summed E-state index contributed by atoms with van der Waals surface area (Å²) in [5.74, 6) is 0.800. The quantitative estimate of drug-likeness (QED) is 0.584. The SMILES string of the molecule is CC1CCCC(NC(=O)c2c[nH]c3cc(N)ccc23)CC1. The van der Waals surface area contributed by atoms with E-state index in [0.29, 0.717) is 17.3 Å². The molecule has 1 aliphatic rings. The first-order valence-corrected chi connectivity index (χ1v) is 7.81. The van der Waals surface area contributed by atoms with Crippen LogP contribution in [-0.4, -0.2) is 16.9 Å². The Hall–Kier alpha value is -1.97. The van der Waals surface area contributed by atoms with Gasteiger partial charge in [-0.15, -0.1) is 0 Å². The highest BCUT2D eigenvalue weighted by Gasteiger charge is 2.20. The van der Waals surface area contributed by atoms with Gasteiger partial charge in [0.1, 0.15) is 0 Å². The summed E-state index contributed by atoms with van der Waals surface area (Å²) in [5, 5.41) is 4.13. The first-order valence-electron chi connectivity index (χ1n) is 7.81. The molecule has 4 nitrogen and oxygen atoms in total. The molecule has 0 saturated heterocycles. The summed E-state index contributed by atoms with van der Waals surface area (Å²) in [6.45, 7) is 2.30. The number of aromatic nitrogens is 1. The van der Waals surface area contributed by atoms with E-state index < -0.39 is 0 Å². The van der Waals surface area contributed by atoms with Crippen molar-refractivity contribution in [3.8, 4) is 0 Å². The number of rotatable bonds is 2. The number of amides is 1. The summed E-state index contributed by atoms with van der Waals surface area (Å²) in [6.07, 6.45) is 7.64. The van der Waals surface area contributed by atoms with Crippen LogP contribution < -0.4 is 11.1 Å². The van der Waals surface area contributed by atoms with Crippen LogP contribution in [-0.2, 0) is 0 Å². The fraction of sp³-hybridized carbons (Fsp3) is 0.471. The minimum absolute atomic E-state index is 0.0191. The molecule has 4 N–H and O–H groups in total. The van der Waals surface area contributed by atoms with Crippen LogP contribution in [0.15, 0.2) is 24.4 Å². The average Bonchev–Trinajstić information content (AvgIpc) is 2.76. The summed E-state index contributed by atoms with van der Waals surface area (Å²) in [7, 11) is 0. The zero-order chi connectivity index (χ0) is 14.8. The van der Waals surface area contributed by atoms with Crippen molar-refractivity contribution in [2.24, 2.45) is 5.92 Å². The van der Waals surface area contributed by atoms with Crippen LogP contribution >= 0.6 is 0 Å². The molecule has 21 heavy (non-hydrogen) atoms. The number of nitrogen functional groups attached to an aromatic ring is 1. The molecule has 2 atom stereocenters. The van der Waals surface area contributed by atoms with Crippen molar-refractivity contribution in [2.45, 2.75) is 45.1 Å². The highest BCUT2D eigenvalue weighted by molar-refractivity contribution is 6.07. The maximum atomic E-state index is 12.5. The Morgan fingerprint density at radius 3 is 3.00 bits per heavy atom. The lowest BCUT2D eigenvalue weighted by Gasteiger charge is -2.16. The first-order chi connectivity index (χ1) is 10.1. The van der Waals surface area contributed by atoms with E-state index in [0.717, 1.165) is 29.7 Å². The Morgan fingerprint density at radius 2 is 2.14 bits per heavy atom. The molecule has 112 valence electrons. The molecule has 1 aromatic carbocycles. The monoisotopic (exact) mass is 285 g/mol. The molecule has 1 amide bonds. The van der Waals surface area contributed by atoms with E-state index in [-0.39, 0.29) is 5.91 Å². The van der Waals surface area contributed by atoms with E-state index >= 15 is 0 Å². The largest absolute Gasteiger partial charge is 0.399 e. The van der Waals surface area contributed by atoms with Crippen molar-refractivity contribution in [1.29, 1.82) is 0 Å². The highest BCUT2D eigenvalue weighted by Crippen LogP contribution is 2.24. The zero-order valence-electron chi connectivity index (χ0n) is 12.5. The number of nitrogens with two attached hydrogens (primary N) is 1. The van der Waals surface area contributed by atoms with Gasteiger partial charge in [0, 0.05) is 28.8 Å². The maximum Gasteiger partial charge on any atom is 0.253 e. The number of carbonyl (C=O) groups excluding carboxylic acids is 1. The van der Waals surface area contributed by atoms with Crippen LogP contribution in [0.5, 0.6) is 0 Å². The molecule has 1 aromatic heterocycles. The van der Waals surface area contributed by atoms with E-state index in [1.807, 2.05) is 18.2 Å². The predicted molar refractivity (Wildman–Crippen MR) is 86.2 cm³/mol. The van der Waals surface area contributed by atoms with Crippen molar-refractivity contribution < 1.29 is 4.79 Å². The first kappa shape index (κ1) is 14.0. The Balaban J connectivity index is 1.74. The number of fused-ring (bicyclic) bond motifs is 1. The van der Waals surface area contributed by atoms with Gasteiger partial charge in [-0.3, -0.25) is 4.79 Å². The Bertz CT molecular complexity index is 647. The Morgan fingerprint density at radius 1 is 1.29 bits per heavy atom. The second-order valence-electron chi connectivity index (χ2n) is 6.29. The summed E-state index contributed by atoms with van der Waals surface area (Å²) in [5.41, 5.74) is 8.09. The normalized spacial score (nSPS) is 22.9. The molecule has 2 aromatic rings. The van der Waals surface area contributed by atoms with Crippen molar-refractivity contribution in [3.05, 3.63) is 30.0 Å². The molecule has 4 heteroatoms. The summed E-state index contributed by atoms with van der Waals surface area (Å²) >= 11 is 0. The van der Waals surface area contributed by atoms with E-state index in [1.54, 1.807) is 6.20 Å². The topological polar surface area (TPSA) is 70.9 Å². The van der Waals surface area contributed by atoms with Gasteiger partial charge < -0.3 is 16.0 Å². The fourth-order valence-corrected chi connectivity index (χ4v) is 3.23. The number of anilines is 1. The van der Waals surface area contributed by atoms with Crippen LogP contribution in [0.25, 0.3) is 10.9 Å². The molecular formula is C17H23N3O. The summed E-state index contributed by atoms with van der Waals surface area (Å²) in [4.78, 5) is 15.6. The third-order valence-electron chi connectivity index (χ3n) is 4.54. The standard InChI is InChI=1S/C17H23N3O/c1-11-3-2-4-13(7-5-11)20-17(21)15-10-19-16-9-12(18)6-8-14(15)16/h6,8-11,13,19H,2-5,7,18H2,1H3,(H,20,21). The van der Waals surface area contributed by atoms with E-state index in [9.17, 15) is 4.79 Å². The van der Waals surface area contributed by atoms with Crippen LogP contribution in [0.1, 0.15) is 49.4 Å². The van der Waals surface area contributed by atoms with Gasteiger partial charge in [0.15, 0.2) is 0 Å². The summed E-state index contributed by atoms with van der Waals surface area (Å²) < 4.78 is 0. The number of benzene rings is 1. The highest BCUT2D eigenvalue weighted by atomic mass is 16.1. The van der Waals surface area contributed by atoms with Gasteiger partial charge in [0.05, 0.1) is 5.56 Å². The number of nitrogens with one attached hydrogen (secondary N) is 2. The second-order valence-corrected chi connectivity index (χ2v) is 6.29. The average molecular weight is 285 g/mol. The number of H-pyrrole nitrogens is 1. The van der Waals surface area contributed by atoms with Crippen molar-refractivity contribution in [1.82, 2.24) is 10.3 Å². The molecular weight excluding hydrogens is 262 g/mol. The Kier molecular flexibility index (Phi) is 3.86. The van der Waals surface area contributed by atoms with Crippen molar-refractivity contribution in [3.63, 3.8) is 0 Å². The lowest BCUT2D eigenvalue weighted by atomic mass is 10.0. The predicted octanol–water partition coefficient (Wildman–Crippen LogP) is 3.45. The van der Waals surface area contributed by atoms with Crippen LogP contribution in [0.2, 0.25) is 0 Å². The number of carbonyl (C=O) groups is 1. The van der Waals surface area contributed by atoms with Gasteiger partial charge in [-0.1, -0.05) is 19.8 Å². The Labute approximate surface area is 125 Å². The number of hydrogen-bond acceptors (Lipinski definition) is 2. The van der Waals surface area contributed by atoms with Crippen LogP contribution in [0, 0.1) is 5.92 Å². The summed E-state index contributed by atoms with van der Waals surface area (Å²) in [6, 6.07) is 5.91. The van der Waals surface area contributed by atoms with Crippen molar-refractivity contribution >= 4 is 22.5 Å². The van der Waals surface area contributed by atoms with E-state index in [2.05, 4.69) is 17.2 Å². The molecule has 3 rings (SSSR count). The molecule has 1 aliphatic carbocycles. The second kappa shape index (κ2) is 5.80. The van der Waals surface area contributed by atoms with E-state index in [4.69, 9.17) is 5.73 Å². The molecule has 0 radical (unpaired) electrons. The fourth-order valence-electron chi connectivity index (χ4n) is 3.23. The van der Waals surface area contributed by atoms with Crippen molar-refractivity contribution in [2.75, 3.05) is 5.73 Å². The van der Waals surface area contributed by atoms with Crippen LogP contribution in [0.3, 0.4) is 0 Å². The lowest BCUT2D eigenvalue weighted by molar-refractivity contribution is 0.0935. The molecule has 0 spiro atoms. The third-order valence-corrected chi connectivity index (χ3v) is 4.54. The molecule has 2 unspecified atom stereocenters. The molecule has 1 heterocycles. The minimum Gasteiger partial charge on any atom is -0.399 e. The number of hydrogen-bond donors (Lipinski definition) is 3. The van der Waals surface area contributed by atoms with Gasteiger partial charge in [-0.25, -0.2) is 0 Å². The zero-order valence-corrected chi connectivity index (χ0v) is 12.5. The van der Waals surface area contributed by atoms with Gasteiger partial charge >= 0.3 is 0 Å². The van der Waals surface area contributed by atoms with Gasteiger partial charge in [0.25, 0.3) is 5.91 Å². The number of aromatic amines is 1. The molecule has 0 aliphatic heterocycles. The minimum atomic E-state index is 0.0191. The maximum absolute atomic E-state index is 12.5. The molecule has 0 bridgehead atoms. The van der Waals surface area contributed by atoms with Crippen LogP contribution in [0.4, 0.5) is 5.69 Å². The van der Waals surface area contributed by atoms with E-state index in [1.165, 1.54) is 19.3 Å². The molecule has 1 fully saturated rings. The smallest absolute Gasteiger partial charge is 0.253 e. The van der Waals surface area contributed by atoms with Gasteiger partial charge in [-0.2, -0.15) is 0 Å². The third kappa shape index (κ3) is 3.04. The molecule has 1 saturated carbocycles. The van der Waals surface area contributed by atoms with Gasteiger partial charge in [0.2, 0.25) is 0 Å².